The zero-order valence-electron chi connectivity index (χ0n) is 11.1. The molecule has 0 saturated heterocycles. The zero-order valence-corrected chi connectivity index (χ0v) is 11.8. The normalized spacial score (nSPS) is 10.8. The first-order chi connectivity index (χ1) is 9.31. The van der Waals surface area contributed by atoms with E-state index >= 15 is 0 Å². The smallest absolute Gasteiger partial charge is 0.135 e. The van der Waals surface area contributed by atoms with Crippen molar-refractivity contribution in [3.05, 3.63) is 47.2 Å². The van der Waals surface area contributed by atoms with Gasteiger partial charge in [0, 0.05) is 5.56 Å². The number of hydrogen-bond donors (Lipinski definition) is 2. The minimum Gasteiger partial charge on any atom is -0.460 e. The summed E-state index contributed by atoms with van der Waals surface area (Å²) in [5, 5.41) is 7.18. The van der Waals surface area contributed by atoms with Gasteiger partial charge in [0.25, 0.3) is 0 Å². The Morgan fingerprint density at radius 1 is 1.11 bits per heavy atom. The average molecular weight is 279 g/mol. The molecule has 102 valence electrons. The molecule has 3 nitrogen and oxygen atoms in total. The standard InChI is InChI=1S/C15H19ClN2O/c1-17-9-4-10-18-11-12-7-8-15(19-12)13-5-2-3-6-14(13)16/h2-3,5-8,17-18H,4,9-11H2,1H3. The van der Waals surface area contributed by atoms with Crippen LogP contribution in [0.3, 0.4) is 0 Å². The molecule has 2 aromatic rings. The van der Waals surface area contributed by atoms with Crippen LogP contribution in [0.2, 0.25) is 5.02 Å². The Balaban J connectivity index is 1.91. The van der Waals surface area contributed by atoms with Gasteiger partial charge in [0.05, 0.1) is 11.6 Å². The molecule has 0 aliphatic rings. The van der Waals surface area contributed by atoms with Gasteiger partial charge in [-0.3, -0.25) is 0 Å². The number of hydrogen-bond acceptors (Lipinski definition) is 3. The summed E-state index contributed by atoms with van der Waals surface area (Å²) in [6.07, 6.45) is 1.11. The molecule has 0 bridgehead atoms. The van der Waals surface area contributed by atoms with Gasteiger partial charge in [0.15, 0.2) is 0 Å². The van der Waals surface area contributed by atoms with Crippen molar-refractivity contribution in [3.8, 4) is 11.3 Å². The van der Waals surface area contributed by atoms with E-state index in [1.807, 2.05) is 43.4 Å². The highest BCUT2D eigenvalue weighted by atomic mass is 35.5. The first kappa shape index (κ1) is 14.1. The second-order valence-electron chi connectivity index (χ2n) is 4.38. The SMILES string of the molecule is CNCCCNCc1ccc(-c2ccccc2Cl)o1. The third-order valence-electron chi connectivity index (χ3n) is 2.88. The highest BCUT2D eigenvalue weighted by molar-refractivity contribution is 6.33. The molecule has 2 N–H and O–H groups in total. The molecule has 2 rings (SSSR count). The van der Waals surface area contributed by atoms with Crippen LogP contribution in [0.15, 0.2) is 40.8 Å². The molecule has 0 atom stereocenters. The fourth-order valence-electron chi connectivity index (χ4n) is 1.88. The molecule has 0 amide bonds. The minimum atomic E-state index is 0.713. The summed E-state index contributed by atoms with van der Waals surface area (Å²) in [4.78, 5) is 0. The van der Waals surface area contributed by atoms with Gasteiger partial charge in [-0.2, -0.15) is 0 Å². The fraction of sp³-hybridized carbons (Fsp3) is 0.333. The summed E-state index contributed by atoms with van der Waals surface area (Å²) >= 11 is 6.15. The Morgan fingerprint density at radius 2 is 1.95 bits per heavy atom. The highest BCUT2D eigenvalue weighted by Crippen LogP contribution is 2.28. The number of nitrogens with one attached hydrogen (secondary N) is 2. The monoisotopic (exact) mass is 278 g/mol. The molecular formula is C15H19ClN2O. The number of furan rings is 1. The van der Waals surface area contributed by atoms with Crippen LogP contribution in [0.4, 0.5) is 0 Å². The maximum atomic E-state index is 6.15. The maximum Gasteiger partial charge on any atom is 0.135 e. The molecule has 0 unspecified atom stereocenters. The molecule has 19 heavy (non-hydrogen) atoms. The lowest BCUT2D eigenvalue weighted by Gasteiger charge is -2.03. The summed E-state index contributed by atoms with van der Waals surface area (Å²) in [6.45, 7) is 2.74. The lowest BCUT2D eigenvalue weighted by Crippen LogP contribution is -2.19. The van der Waals surface area contributed by atoms with E-state index in [0.29, 0.717) is 5.02 Å². The second-order valence-corrected chi connectivity index (χ2v) is 4.79. The summed E-state index contributed by atoms with van der Waals surface area (Å²) in [5.74, 6) is 1.75. The molecule has 0 aliphatic heterocycles. The average Bonchev–Trinajstić information content (AvgIpc) is 2.88. The van der Waals surface area contributed by atoms with Crippen LogP contribution in [0.1, 0.15) is 12.2 Å². The topological polar surface area (TPSA) is 37.2 Å². The summed E-state index contributed by atoms with van der Waals surface area (Å²) in [7, 11) is 1.96. The van der Waals surface area contributed by atoms with Crippen molar-refractivity contribution in [1.29, 1.82) is 0 Å². The van der Waals surface area contributed by atoms with Gasteiger partial charge < -0.3 is 15.1 Å². The Hall–Kier alpha value is -1.29. The molecule has 1 heterocycles. The van der Waals surface area contributed by atoms with Gasteiger partial charge in [-0.15, -0.1) is 0 Å². The van der Waals surface area contributed by atoms with Crippen molar-refractivity contribution in [2.75, 3.05) is 20.1 Å². The zero-order chi connectivity index (χ0) is 13.5. The molecule has 0 aliphatic carbocycles. The number of halogens is 1. The molecule has 0 radical (unpaired) electrons. The van der Waals surface area contributed by atoms with Crippen molar-refractivity contribution < 1.29 is 4.42 Å². The van der Waals surface area contributed by atoms with Crippen molar-refractivity contribution in [2.24, 2.45) is 0 Å². The largest absolute Gasteiger partial charge is 0.460 e. The molecule has 1 aromatic heterocycles. The van der Waals surface area contributed by atoms with E-state index in [1.165, 1.54) is 0 Å². The first-order valence-corrected chi connectivity index (χ1v) is 6.88. The minimum absolute atomic E-state index is 0.713. The van der Waals surface area contributed by atoms with Crippen molar-refractivity contribution in [3.63, 3.8) is 0 Å². The fourth-order valence-corrected chi connectivity index (χ4v) is 2.11. The van der Waals surface area contributed by atoms with E-state index in [0.717, 1.165) is 43.1 Å². The van der Waals surface area contributed by atoms with E-state index < -0.39 is 0 Å². The van der Waals surface area contributed by atoms with E-state index in [4.69, 9.17) is 16.0 Å². The Bertz CT molecular complexity index is 510. The molecule has 0 spiro atoms. The molecule has 0 saturated carbocycles. The molecule has 1 aromatic carbocycles. The van der Waals surface area contributed by atoms with E-state index in [2.05, 4.69) is 10.6 Å². The Kier molecular flexibility index (Phi) is 5.45. The third kappa shape index (κ3) is 4.10. The van der Waals surface area contributed by atoms with Gasteiger partial charge in [-0.1, -0.05) is 23.7 Å². The van der Waals surface area contributed by atoms with E-state index in [-0.39, 0.29) is 0 Å². The van der Waals surface area contributed by atoms with Crippen LogP contribution >= 0.6 is 11.6 Å². The van der Waals surface area contributed by atoms with Crippen LogP contribution < -0.4 is 10.6 Å². The predicted octanol–water partition coefficient (Wildman–Crippen LogP) is 3.30. The van der Waals surface area contributed by atoms with Crippen molar-refractivity contribution in [2.45, 2.75) is 13.0 Å². The van der Waals surface area contributed by atoms with Gasteiger partial charge >= 0.3 is 0 Å². The summed E-state index contributed by atoms with van der Waals surface area (Å²) in [5.41, 5.74) is 0.936. The Labute approximate surface area is 119 Å². The second kappa shape index (κ2) is 7.34. The van der Waals surface area contributed by atoms with Crippen molar-refractivity contribution >= 4 is 11.6 Å². The van der Waals surface area contributed by atoms with Crippen molar-refractivity contribution in [1.82, 2.24) is 10.6 Å². The lowest BCUT2D eigenvalue weighted by atomic mass is 10.2. The third-order valence-corrected chi connectivity index (χ3v) is 3.21. The van der Waals surface area contributed by atoms with Gasteiger partial charge in [0.2, 0.25) is 0 Å². The highest BCUT2D eigenvalue weighted by Gasteiger charge is 2.07. The van der Waals surface area contributed by atoms with Crippen LogP contribution in [0, 0.1) is 0 Å². The molecule has 4 heteroatoms. The quantitative estimate of drug-likeness (QED) is 0.763. The van der Waals surface area contributed by atoms with Crippen LogP contribution in [-0.4, -0.2) is 20.1 Å². The molecular weight excluding hydrogens is 260 g/mol. The van der Waals surface area contributed by atoms with E-state index in [1.54, 1.807) is 0 Å². The predicted molar refractivity (Wildman–Crippen MR) is 79.4 cm³/mol. The lowest BCUT2D eigenvalue weighted by molar-refractivity contribution is 0.490. The van der Waals surface area contributed by atoms with Crippen LogP contribution in [0.5, 0.6) is 0 Å². The Morgan fingerprint density at radius 3 is 2.74 bits per heavy atom. The number of rotatable bonds is 7. The van der Waals surface area contributed by atoms with Gasteiger partial charge in [-0.05, 0) is 50.8 Å². The summed E-state index contributed by atoms with van der Waals surface area (Å²) in [6, 6.07) is 11.7. The summed E-state index contributed by atoms with van der Waals surface area (Å²) < 4.78 is 5.79. The maximum absolute atomic E-state index is 6.15. The van der Waals surface area contributed by atoms with E-state index in [9.17, 15) is 0 Å². The first-order valence-electron chi connectivity index (χ1n) is 6.50. The van der Waals surface area contributed by atoms with Crippen LogP contribution in [0.25, 0.3) is 11.3 Å². The van der Waals surface area contributed by atoms with Gasteiger partial charge in [0.1, 0.15) is 11.5 Å². The van der Waals surface area contributed by atoms with Crippen LogP contribution in [-0.2, 0) is 6.54 Å². The number of benzene rings is 1. The van der Waals surface area contributed by atoms with Gasteiger partial charge in [-0.25, -0.2) is 0 Å². The molecule has 0 fully saturated rings.